The third kappa shape index (κ3) is 3.67. The van der Waals surface area contributed by atoms with E-state index < -0.39 is 5.91 Å². The zero-order chi connectivity index (χ0) is 21.5. The number of esters is 1. The number of benzene rings is 2. The molecule has 0 saturated heterocycles. The predicted octanol–water partition coefficient (Wildman–Crippen LogP) is 3.77. The number of ketones is 2. The lowest BCUT2D eigenvalue weighted by Gasteiger charge is -2.20. The summed E-state index contributed by atoms with van der Waals surface area (Å²) in [6.45, 7) is -0.369. The molecule has 0 spiro atoms. The molecule has 2 aromatic carbocycles. The quantitative estimate of drug-likeness (QED) is 0.639. The maximum Gasteiger partial charge on any atom is 0.306 e. The van der Waals surface area contributed by atoms with E-state index in [1.54, 1.807) is 36.4 Å². The Kier molecular flexibility index (Phi) is 4.93. The minimum absolute atomic E-state index is 0.211. The van der Waals surface area contributed by atoms with Gasteiger partial charge in [-0.3, -0.25) is 19.2 Å². The maximum atomic E-state index is 12.8. The average Bonchev–Trinajstić information content (AvgIpc) is 3.39. The summed E-state index contributed by atoms with van der Waals surface area (Å²) in [6, 6.07) is 11.3. The first-order valence-corrected chi connectivity index (χ1v) is 10.8. The third-order valence-electron chi connectivity index (χ3n) is 6.89. The molecule has 6 nitrogen and oxygen atoms in total. The van der Waals surface area contributed by atoms with Gasteiger partial charge in [0.05, 0.1) is 0 Å². The molecule has 1 N–H and O–H groups in total. The first kappa shape index (κ1) is 19.7. The van der Waals surface area contributed by atoms with Crippen LogP contribution in [0.1, 0.15) is 63.9 Å². The van der Waals surface area contributed by atoms with Crippen molar-refractivity contribution in [3.8, 4) is 0 Å². The fourth-order valence-corrected chi connectivity index (χ4v) is 5.42. The zero-order valence-corrected chi connectivity index (χ0v) is 17.1. The van der Waals surface area contributed by atoms with Crippen LogP contribution in [0.25, 0.3) is 0 Å². The number of hydrogen-bond acceptors (Lipinski definition) is 5. The molecule has 158 valence electrons. The highest BCUT2D eigenvalue weighted by molar-refractivity contribution is 6.28. The second-order valence-electron chi connectivity index (χ2n) is 8.81. The van der Waals surface area contributed by atoms with Crippen LogP contribution in [0.15, 0.2) is 42.5 Å². The summed E-state index contributed by atoms with van der Waals surface area (Å²) >= 11 is 0. The summed E-state index contributed by atoms with van der Waals surface area (Å²) in [6.07, 6.45) is 5.18. The molecule has 3 aliphatic rings. The number of rotatable bonds is 5. The number of ether oxygens (including phenoxy) is 1. The van der Waals surface area contributed by atoms with Gasteiger partial charge in [-0.1, -0.05) is 30.7 Å². The van der Waals surface area contributed by atoms with Crippen molar-refractivity contribution in [3.05, 3.63) is 64.7 Å². The normalized spacial score (nSPS) is 23.3. The van der Waals surface area contributed by atoms with Gasteiger partial charge in [0.15, 0.2) is 18.2 Å². The first-order valence-electron chi connectivity index (χ1n) is 10.8. The Balaban J connectivity index is 1.20. The molecule has 0 aromatic heterocycles. The standard InChI is InChI=1S/C25H23NO5/c27-22(13-31-23(28)11-16-10-14-5-6-15(16)9-14)26-17-7-8-20-21(12-17)25(30)19-4-2-1-3-18(19)24(20)29/h1-4,7-8,12,14-16H,5-6,9-11,13H2,(H,26,27)/t14-,15-,16+/m0/s1. The van der Waals surface area contributed by atoms with Crippen LogP contribution < -0.4 is 5.32 Å². The van der Waals surface area contributed by atoms with E-state index in [9.17, 15) is 19.2 Å². The monoisotopic (exact) mass is 417 g/mol. The largest absolute Gasteiger partial charge is 0.456 e. The van der Waals surface area contributed by atoms with Gasteiger partial charge >= 0.3 is 5.97 Å². The molecule has 0 unspecified atom stereocenters. The second kappa shape index (κ2) is 7.76. The highest BCUT2D eigenvalue weighted by atomic mass is 16.5. The predicted molar refractivity (Wildman–Crippen MR) is 113 cm³/mol. The summed E-state index contributed by atoms with van der Waals surface area (Å²) in [5.41, 5.74) is 1.71. The number of hydrogen-bond donors (Lipinski definition) is 1. The average molecular weight is 417 g/mol. The van der Waals surface area contributed by atoms with Crippen molar-refractivity contribution in [2.45, 2.75) is 32.1 Å². The zero-order valence-electron chi connectivity index (χ0n) is 17.1. The lowest BCUT2D eigenvalue weighted by atomic mass is 9.84. The van der Waals surface area contributed by atoms with E-state index in [2.05, 4.69) is 5.32 Å². The Bertz CT molecular complexity index is 1100. The van der Waals surface area contributed by atoms with E-state index in [1.165, 1.54) is 25.3 Å². The van der Waals surface area contributed by atoms with Crippen LogP contribution in [0.2, 0.25) is 0 Å². The van der Waals surface area contributed by atoms with Gasteiger partial charge in [-0.2, -0.15) is 0 Å². The Morgan fingerprint density at radius 2 is 1.61 bits per heavy atom. The van der Waals surface area contributed by atoms with Crippen molar-refractivity contribution >= 4 is 29.1 Å². The smallest absolute Gasteiger partial charge is 0.306 e. The lowest BCUT2D eigenvalue weighted by molar-refractivity contribution is -0.148. The number of carbonyl (C=O) groups is 4. The van der Waals surface area contributed by atoms with Crippen LogP contribution in [0, 0.1) is 17.8 Å². The summed E-state index contributed by atoms with van der Waals surface area (Å²) < 4.78 is 5.17. The molecule has 2 fully saturated rings. The van der Waals surface area contributed by atoms with Gasteiger partial charge in [-0.15, -0.1) is 0 Å². The van der Waals surface area contributed by atoms with Crippen molar-refractivity contribution in [2.24, 2.45) is 17.8 Å². The van der Waals surface area contributed by atoms with Crippen LogP contribution in [-0.4, -0.2) is 30.0 Å². The number of fused-ring (bicyclic) bond motifs is 4. The highest BCUT2D eigenvalue weighted by Gasteiger charge is 2.40. The fraction of sp³-hybridized carbons (Fsp3) is 0.360. The van der Waals surface area contributed by atoms with Crippen molar-refractivity contribution in [1.29, 1.82) is 0 Å². The summed E-state index contributed by atoms with van der Waals surface area (Å²) in [5, 5.41) is 2.65. The van der Waals surface area contributed by atoms with Gasteiger partial charge in [0, 0.05) is 34.4 Å². The molecule has 2 saturated carbocycles. The SMILES string of the molecule is O=C(COC(=O)C[C@H]1C[C@H]2CC[C@H]1C2)Nc1ccc2c(c1)C(=O)c1ccccc1C2=O. The molecule has 3 aliphatic carbocycles. The Morgan fingerprint density at radius 3 is 2.29 bits per heavy atom. The number of amides is 1. The Hall–Kier alpha value is -3.28. The van der Waals surface area contributed by atoms with Gasteiger partial charge < -0.3 is 10.1 Å². The van der Waals surface area contributed by atoms with Crippen LogP contribution in [-0.2, 0) is 14.3 Å². The first-order chi connectivity index (χ1) is 15.0. The molecule has 1 amide bonds. The van der Waals surface area contributed by atoms with E-state index in [0.717, 1.165) is 12.3 Å². The molecule has 0 heterocycles. The van der Waals surface area contributed by atoms with Crippen molar-refractivity contribution < 1.29 is 23.9 Å². The number of carbonyl (C=O) groups excluding carboxylic acids is 4. The third-order valence-corrected chi connectivity index (χ3v) is 6.89. The Morgan fingerprint density at radius 1 is 0.903 bits per heavy atom. The van der Waals surface area contributed by atoms with E-state index >= 15 is 0 Å². The molecule has 6 heteroatoms. The molecular weight excluding hydrogens is 394 g/mol. The molecule has 0 radical (unpaired) electrons. The van der Waals surface area contributed by atoms with Gasteiger partial charge in [0.25, 0.3) is 5.91 Å². The molecule has 3 atom stereocenters. The summed E-state index contributed by atoms with van der Waals surface area (Å²) in [5.74, 6) is 0.508. The topological polar surface area (TPSA) is 89.5 Å². The molecule has 5 rings (SSSR count). The van der Waals surface area contributed by atoms with Crippen molar-refractivity contribution in [2.75, 3.05) is 11.9 Å². The van der Waals surface area contributed by atoms with Gasteiger partial charge in [0.1, 0.15) is 0 Å². The van der Waals surface area contributed by atoms with Crippen LogP contribution in [0.3, 0.4) is 0 Å². The summed E-state index contributed by atoms with van der Waals surface area (Å²) in [7, 11) is 0. The maximum absolute atomic E-state index is 12.8. The minimum Gasteiger partial charge on any atom is -0.456 e. The molecule has 31 heavy (non-hydrogen) atoms. The van der Waals surface area contributed by atoms with Crippen molar-refractivity contribution in [3.63, 3.8) is 0 Å². The highest BCUT2D eigenvalue weighted by Crippen LogP contribution is 2.49. The summed E-state index contributed by atoms with van der Waals surface area (Å²) in [4.78, 5) is 49.8. The minimum atomic E-state index is -0.476. The van der Waals surface area contributed by atoms with Crippen molar-refractivity contribution in [1.82, 2.24) is 0 Å². The lowest BCUT2D eigenvalue weighted by Crippen LogP contribution is -2.24. The van der Waals surface area contributed by atoms with E-state index in [4.69, 9.17) is 4.74 Å². The Labute approximate surface area is 180 Å². The van der Waals surface area contributed by atoms with Crippen LogP contribution >= 0.6 is 0 Å². The van der Waals surface area contributed by atoms with Gasteiger partial charge in [-0.05, 0) is 55.2 Å². The number of anilines is 1. The van der Waals surface area contributed by atoms with E-state index in [-0.39, 0.29) is 29.7 Å². The number of nitrogens with one attached hydrogen (secondary N) is 1. The van der Waals surface area contributed by atoms with E-state index in [1.807, 2.05) is 0 Å². The second-order valence-corrected chi connectivity index (χ2v) is 8.81. The van der Waals surface area contributed by atoms with E-state index in [0.29, 0.717) is 40.6 Å². The molecule has 2 aromatic rings. The van der Waals surface area contributed by atoms with Gasteiger partial charge in [0.2, 0.25) is 0 Å². The molecule has 0 aliphatic heterocycles. The molecule has 2 bridgehead atoms. The molecular formula is C25H23NO5. The van der Waals surface area contributed by atoms with Crippen LogP contribution in [0.5, 0.6) is 0 Å². The van der Waals surface area contributed by atoms with Crippen LogP contribution in [0.4, 0.5) is 5.69 Å². The fourth-order valence-electron chi connectivity index (χ4n) is 5.42. The van der Waals surface area contributed by atoms with Gasteiger partial charge in [-0.25, -0.2) is 0 Å².